The highest BCUT2D eigenvalue weighted by atomic mass is 28.3. The molecule has 2 heteroatoms. The maximum Gasteiger partial charge on any atom is 0.0836 e. The van der Waals surface area contributed by atoms with Crippen molar-refractivity contribution in [2.24, 2.45) is 0 Å². The number of rotatable bonds is 3. The molecule has 0 aliphatic heterocycles. The lowest BCUT2D eigenvalue weighted by molar-refractivity contribution is 0.283. The van der Waals surface area contributed by atoms with Crippen LogP contribution >= 0.6 is 0 Å². The van der Waals surface area contributed by atoms with E-state index >= 15 is 0 Å². The minimum absolute atomic E-state index is 0.166. The molecule has 0 saturated heterocycles. The van der Waals surface area contributed by atoms with Gasteiger partial charge in [0, 0.05) is 0 Å². The highest BCUT2D eigenvalue weighted by Gasteiger charge is 2.28. The summed E-state index contributed by atoms with van der Waals surface area (Å²) in [4.78, 5) is 0. The van der Waals surface area contributed by atoms with Gasteiger partial charge >= 0.3 is 0 Å². The monoisotopic (exact) mass is 208 g/mol. The quantitative estimate of drug-likeness (QED) is 0.757. The largest absolute Gasteiger partial charge is 0.392 e. The lowest BCUT2D eigenvalue weighted by Crippen LogP contribution is -2.46. The van der Waals surface area contributed by atoms with E-state index in [-0.39, 0.29) is 6.61 Å². The Balaban J connectivity index is 3.17. The number of hydrogen-bond donors (Lipinski definition) is 1. The van der Waals surface area contributed by atoms with Crippen LogP contribution in [-0.2, 0) is 6.61 Å². The van der Waals surface area contributed by atoms with Gasteiger partial charge in [-0.2, -0.15) is 0 Å². The zero-order valence-electron chi connectivity index (χ0n) is 9.54. The lowest BCUT2D eigenvalue weighted by Gasteiger charge is -2.29. The standard InChI is InChI=1S/C12H20OSi/c1-10(2)14(3,4)12-8-6-5-7-11(12)9-13/h5-8,10,13H,9H2,1-4H3. The molecule has 0 aliphatic carbocycles. The fourth-order valence-corrected chi connectivity index (χ4v) is 3.74. The van der Waals surface area contributed by atoms with Crippen molar-refractivity contribution in [1.82, 2.24) is 0 Å². The van der Waals surface area contributed by atoms with Crippen molar-refractivity contribution in [3.63, 3.8) is 0 Å². The van der Waals surface area contributed by atoms with Crippen LogP contribution in [0.1, 0.15) is 19.4 Å². The van der Waals surface area contributed by atoms with E-state index in [9.17, 15) is 5.11 Å². The Morgan fingerprint density at radius 1 is 1.21 bits per heavy atom. The molecule has 0 unspecified atom stereocenters. The van der Waals surface area contributed by atoms with Gasteiger partial charge in [-0.1, -0.05) is 56.4 Å². The molecule has 0 saturated carbocycles. The minimum Gasteiger partial charge on any atom is -0.392 e. The molecular weight excluding hydrogens is 188 g/mol. The molecule has 0 bridgehead atoms. The first kappa shape index (κ1) is 11.5. The Hall–Kier alpha value is -0.603. The predicted molar refractivity (Wildman–Crippen MR) is 64.6 cm³/mol. The highest BCUT2D eigenvalue weighted by Crippen LogP contribution is 2.21. The Bertz CT molecular complexity index is 305. The topological polar surface area (TPSA) is 20.2 Å². The average Bonchev–Trinajstić information content (AvgIpc) is 2.17. The van der Waals surface area contributed by atoms with Gasteiger partial charge in [0.1, 0.15) is 0 Å². The summed E-state index contributed by atoms with van der Waals surface area (Å²) >= 11 is 0. The summed E-state index contributed by atoms with van der Waals surface area (Å²) in [6.45, 7) is 9.46. The Labute approximate surface area is 87.8 Å². The average molecular weight is 208 g/mol. The number of benzene rings is 1. The van der Waals surface area contributed by atoms with E-state index in [1.165, 1.54) is 5.19 Å². The fourth-order valence-electron chi connectivity index (χ4n) is 1.60. The second-order valence-corrected chi connectivity index (χ2v) is 9.83. The summed E-state index contributed by atoms with van der Waals surface area (Å²) < 4.78 is 0. The van der Waals surface area contributed by atoms with E-state index in [0.717, 1.165) is 5.56 Å². The summed E-state index contributed by atoms with van der Waals surface area (Å²) in [6.07, 6.45) is 0. The van der Waals surface area contributed by atoms with Crippen LogP contribution in [0.5, 0.6) is 0 Å². The van der Waals surface area contributed by atoms with Gasteiger partial charge in [0.2, 0.25) is 0 Å². The zero-order valence-corrected chi connectivity index (χ0v) is 10.5. The van der Waals surface area contributed by atoms with E-state index in [2.05, 4.69) is 39.1 Å². The SMILES string of the molecule is CC(C)[Si](C)(C)c1ccccc1CO. The highest BCUT2D eigenvalue weighted by molar-refractivity contribution is 6.91. The Morgan fingerprint density at radius 2 is 1.79 bits per heavy atom. The van der Waals surface area contributed by atoms with Crippen molar-refractivity contribution >= 4 is 13.3 Å². The van der Waals surface area contributed by atoms with Crippen LogP contribution in [0, 0.1) is 0 Å². The molecule has 0 heterocycles. The Morgan fingerprint density at radius 3 is 2.29 bits per heavy atom. The van der Waals surface area contributed by atoms with Crippen molar-refractivity contribution in [3.05, 3.63) is 29.8 Å². The number of aliphatic hydroxyl groups is 1. The third-order valence-electron chi connectivity index (χ3n) is 3.33. The van der Waals surface area contributed by atoms with Gasteiger partial charge in [-0.3, -0.25) is 0 Å². The Kier molecular flexibility index (Phi) is 3.51. The molecule has 0 amide bonds. The molecule has 0 fully saturated rings. The molecule has 0 atom stereocenters. The van der Waals surface area contributed by atoms with Crippen LogP contribution in [0.4, 0.5) is 0 Å². The van der Waals surface area contributed by atoms with Crippen molar-refractivity contribution in [2.45, 2.75) is 39.1 Å². The van der Waals surface area contributed by atoms with Gasteiger partial charge in [-0.25, -0.2) is 0 Å². The number of hydrogen-bond acceptors (Lipinski definition) is 1. The summed E-state index contributed by atoms with van der Waals surface area (Å²) in [5.41, 5.74) is 1.81. The van der Waals surface area contributed by atoms with E-state index in [0.29, 0.717) is 5.54 Å². The van der Waals surface area contributed by atoms with Crippen LogP contribution in [-0.4, -0.2) is 13.2 Å². The minimum atomic E-state index is -1.38. The van der Waals surface area contributed by atoms with E-state index in [1.54, 1.807) is 0 Å². The van der Waals surface area contributed by atoms with Crippen LogP contribution in [0.2, 0.25) is 18.6 Å². The van der Waals surface area contributed by atoms with Gasteiger partial charge in [0.25, 0.3) is 0 Å². The molecular formula is C12H20OSi. The van der Waals surface area contributed by atoms with Gasteiger partial charge in [-0.05, 0) is 11.1 Å². The first-order chi connectivity index (χ1) is 6.50. The van der Waals surface area contributed by atoms with Gasteiger partial charge in [0.05, 0.1) is 14.7 Å². The predicted octanol–water partition coefficient (Wildman–Crippen LogP) is 2.50. The molecule has 0 aliphatic rings. The van der Waals surface area contributed by atoms with E-state index in [4.69, 9.17) is 0 Å². The molecule has 1 nitrogen and oxygen atoms in total. The molecule has 1 rings (SSSR count). The van der Waals surface area contributed by atoms with Crippen molar-refractivity contribution < 1.29 is 5.11 Å². The molecule has 0 spiro atoms. The van der Waals surface area contributed by atoms with Crippen LogP contribution < -0.4 is 5.19 Å². The third-order valence-corrected chi connectivity index (χ3v) is 8.09. The molecule has 1 N–H and O–H groups in total. The van der Waals surface area contributed by atoms with Gasteiger partial charge in [-0.15, -0.1) is 0 Å². The van der Waals surface area contributed by atoms with E-state index < -0.39 is 8.07 Å². The van der Waals surface area contributed by atoms with Crippen molar-refractivity contribution in [1.29, 1.82) is 0 Å². The third kappa shape index (κ3) is 2.07. The summed E-state index contributed by atoms with van der Waals surface area (Å²) in [5.74, 6) is 0. The maximum absolute atomic E-state index is 9.29. The van der Waals surface area contributed by atoms with Gasteiger partial charge < -0.3 is 5.11 Å². The first-order valence-corrected chi connectivity index (χ1v) is 8.27. The van der Waals surface area contributed by atoms with Gasteiger partial charge in [0.15, 0.2) is 0 Å². The van der Waals surface area contributed by atoms with Crippen LogP contribution in [0.3, 0.4) is 0 Å². The van der Waals surface area contributed by atoms with Crippen molar-refractivity contribution in [3.8, 4) is 0 Å². The summed E-state index contributed by atoms with van der Waals surface area (Å²) in [6, 6.07) is 8.29. The smallest absolute Gasteiger partial charge is 0.0836 e. The fraction of sp³-hybridized carbons (Fsp3) is 0.500. The van der Waals surface area contributed by atoms with Crippen LogP contribution in [0.25, 0.3) is 0 Å². The molecule has 1 aromatic carbocycles. The second-order valence-electron chi connectivity index (χ2n) is 4.69. The van der Waals surface area contributed by atoms with E-state index in [1.807, 2.05) is 12.1 Å². The maximum atomic E-state index is 9.29. The summed E-state index contributed by atoms with van der Waals surface area (Å²) in [7, 11) is -1.38. The van der Waals surface area contributed by atoms with Crippen molar-refractivity contribution in [2.75, 3.05) is 0 Å². The molecule has 1 aromatic rings. The molecule has 78 valence electrons. The lowest BCUT2D eigenvalue weighted by atomic mass is 10.2. The number of aliphatic hydroxyl groups excluding tert-OH is 1. The van der Waals surface area contributed by atoms with Crippen LogP contribution in [0.15, 0.2) is 24.3 Å². The molecule has 0 radical (unpaired) electrons. The molecule has 0 aromatic heterocycles. The molecule has 14 heavy (non-hydrogen) atoms. The zero-order chi connectivity index (χ0) is 10.8. The normalized spacial score (nSPS) is 12.1. The first-order valence-electron chi connectivity index (χ1n) is 5.19. The summed E-state index contributed by atoms with van der Waals surface area (Å²) in [5, 5.41) is 10.7. The second kappa shape index (κ2) is 4.28.